The number of pyridine rings is 1. The molecule has 3 rings (SSSR count). The maximum absolute atomic E-state index is 12.8. The van der Waals surface area contributed by atoms with E-state index >= 15 is 0 Å². The van der Waals surface area contributed by atoms with Gasteiger partial charge in [-0.2, -0.15) is 0 Å². The fourth-order valence-corrected chi connectivity index (χ4v) is 3.12. The van der Waals surface area contributed by atoms with Crippen molar-refractivity contribution in [3.63, 3.8) is 0 Å². The number of hydrogen-bond donors (Lipinski definition) is 2. The number of nitrogens with zero attached hydrogens (tertiary/aromatic N) is 2. The number of benzene rings is 1. The van der Waals surface area contributed by atoms with Gasteiger partial charge in [0.25, 0.3) is 0 Å². The summed E-state index contributed by atoms with van der Waals surface area (Å²) in [5.74, 6) is -0.0250. The number of nitrogens with one attached hydrogen (secondary N) is 2. The lowest BCUT2D eigenvalue weighted by Gasteiger charge is -2.20. The van der Waals surface area contributed by atoms with E-state index < -0.39 is 18.0 Å². The van der Waals surface area contributed by atoms with Crippen molar-refractivity contribution < 1.29 is 14.3 Å². The number of imidazole rings is 1. The van der Waals surface area contributed by atoms with Crippen LogP contribution in [0, 0.1) is 12.8 Å². The van der Waals surface area contributed by atoms with Gasteiger partial charge < -0.3 is 10.1 Å². The van der Waals surface area contributed by atoms with Gasteiger partial charge in [-0.3, -0.25) is 9.72 Å². The maximum Gasteiger partial charge on any atom is 0.328 e. The van der Waals surface area contributed by atoms with Crippen molar-refractivity contribution in [1.29, 1.82) is 0 Å². The maximum atomic E-state index is 12.8. The SMILES string of the molecule is CCOC(=O)C(NC(=O)Nc1c(-c2cccc(C)c2)nc2ccccn12)C(C)C. The molecule has 7 nitrogen and oxygen atoms in total. The first kappa shape index (κ1) is 20.4. The monoisotopic (exact) mass is 394 g/mol. The fraction of sp³-hybridized carbons (Fsp3) is 0.318. The fourth-order valence-electron chi connectivity index (χ4n) is 3.12. The number of ether oxygens (including phenoxy) is 1. The van der Waals surface area contributed by atoms with E-state index in [-0.39, 0.29) is 12.5 Å². The van der Waals surface area contributed by atoms with Gasteiger partial charge in [-0.15, -0.1) is 0 Å². The average molecular weight is 394 g/mol. The number of fused-ring (bicyclic) bond motifs is 1. The number of aromatic nitrogens is 2. The molecular formula is C22H26N4O3. The molecule has 29 heavy (non-hydrogen) atoms. The minimum absolute atomic E-state index is 0.113. The molecule has 2 amide bonds. The zero-order chi connectivity index (χ0) is 21.0. The molecule has 0 bridgehead atoms. The van der Waals surface area contributed by atoms with Crippen molar-refractivity contribution in [2.24, 2.45) is 5.92 Å². The van der Waals surface area contributed by atoms with E-state index in [1.54, 1.807) is 6.92 Å². The molecular weight excluding hydrogens is 368 g/mol. The summed E-state index contributed by atoms with van der Waals surface area (Å²) in [6, 6.07) is 12.3. The van der Waals surface area contributed by atoms with Crippen LogP contribution in [0.1, 0.15) is 26.3 Å². The largest absolute Gasteiger partial charge is 0.464 e. The smallest absolute Gasteiger partial charge is 0.328 e. The average Bonchev–Trinajstić information content (AvgIpc) is 3.04. The Morgan fingerprint density at radius 3 is 2.66 bits per heavy atom. The van der Waals surface area contributed by atoms with Crippen LogP contribution in [-0.4, -0.2) is 34.0 Å². The van der Waals surface area contributed by atoms with E-state index in [0.29, 0.717) is 17.2 Å². The summed E-state index contributed by atoms with van der Waals surface area (Å²) in [4.78, 5) is 29.6. The zero-order valence-electron chi connectivity index (χ0n) is 17.1. The van der Waals surface area contributed by atoms with E-state index in [2.05, 4.69) is 15.6 Å². The normalized spacial score (nSPS) is 12.0. The van der Waals surface area contributed by atoms with E-state index in [1.807, 2.05) is 73.8 Å². The molecule has 0 aliphatic carbocycles. The number of aryl methyl sites for hydroxylation is 1. The zero-order valence-corrected chi connectivity index (χ0v) is 17.1. The Hall–Kier alpha value is -3.35. The van der Waals surface area contributed by atoms with Gasteiger partial charge >= 0.3 is 12.0 Å². The highest BCUT2D eigenvalue weighted by Crippen LogP contribution is 2.29. The van der Waals surface area contributed by atoms with Crippen LogP contribution in [0.5, 0.6) is 0 Å². The molecule has 2 N–H and O–H groups in total. The second kappa shape index (κ2) is 8.77. The standard InChI is InChI=1S/C22H26N4O3/c1-5-29-21(27)18(14(2)3)24-22(28)25-20-19(16-10-8-9-15(4)13-16)23-17-11-6-7-12-26(17)20/h6-14,18H,5H2,1-4H3,(H2,24,25,28). The summed E-state index contributed by atoms with van der Waals surface area (Å²) in [5.41, 5.74) is 3.37. The molecule has 0 saturated carbocycles. The number of anilines is 1. The van der Waals surface area contributed by atoms with Crippen LogP contribution in [0.4, 0.5) is 10.6 Å². The third kappa shape index (κ3) is 4.56. The predicted octanol–water partition coefficient (Wildman–Crippen LogP) is 4.02. The first-order chi connectivity index (χ1) is 13.9. The van der Waals surface area contributed by atoms with Crippen molar-refractivity contribution in [3.8, 4) is 11.3 Å². The highest BCUT2D eigenvalue weighted by molar-refractivity contribution is 5.95. The van der Waals surface area contributed by atoms with Gasteiger partial charge in [-0.05, 0) is 38.0 Å². The van der Waals surface area contributed by atoms with Crippen LogP contribution in [0.3, 0.4) is 0 Å². The third-order valence-electron chi connectivity index (χ3n) is 4.55. The van der Waals surface area contributed by atoms with Gasteiger partial charge in [0, 0.05) is 11.8 Å². The van der Waals surface area contributed by atoms with Crippen LogP contribution < -0.4 is 10.6 Å². The summed E-state index contributed by atoms with van der Waals surface area (Å²) in [6.45, 7) is 7.71. The molecule has 1 atom stereocenters. The summed E-state index contributed by atoms with van der Waals surface area (Å²) >= 11 is 0. The van der Waals surface area contributed by atoms with Crippen LogP contribution in [-0.2, 0) is 9.53 Å². The van der Waals surface area contributed by atoms with Gasteiger partial charge in [0.05, 0.1) is 6.61 Å². The number of carbonyl (C=O) groups is 2. The van der Waals surface area contributed by atoms with Gasteiger partial charge in [0.2, 0.25) is 0 Å². The Kier molecular flexibility index (Phi) is 6.16. The molecule has 0 saturated heterocycles. The van der Waals surface area contributed by atoms with Crippen LogP contribution in [0.2, 0.25) is 0 Å². The predicted molar refractivity (Wildman–Crippen MR) is 113 cm³/mol. The third-order valence-corrected chi connectivity index (χ3v) is 4.55. The molecule has 152 valence electrons. The minimum Gasteiger partial charge on any atom is -0.464 e. The number of rotatable bonds is 6. The van der Waals surface area contributed by atoms with E-state index in [0.717, 1.165) is 11.1 Å². The molecule has 0 aliphatic rings. The second-order valence-electron chi connectivity index (χ2n) is 7.18. The number of hydrogen-bond acceptors (Lipinski definition) is 4. The van der Waals surface area contributed by atoms with Crippen molar-refractivity contribution >= 4 is 23.5 Å². The van der Waals surface area contributed by atoms with E-state index in [1.165, 1.54) is 0 Å². The summed E-state index contributed by atoms with van der Waals surface area (Å²) in [7, 11) is 0. The van der Waals surface area contributed by atoms with Crippen molar-refractivity contribution in [1.82, 2.24) is 14.7 Å². The lowest BCUT2D eigenvalue weighted by atomic mass is 10.1. The van der Waals surface area contributed by atoms with E-state index in [9.17, 15) is 9.59 Å². The van der Waals surface area contributed by atoms with Crippen molar-refractivity contribution in [2.45, 2.75) is 33.7 Å². The first-order valence-corrected chi connectivity index (χ1v) is 9.69. The number of urea groups is 1. The molecule has 1 unspecified atom stereocenters. The summed E-state index contributed by atoms with van der Waals surface area (Å²) in [6.07, 6.45) is 1.84. The lowest BCUT2D eigenvalue weighted by molar-refractivity contribution is -0.146. The number of amides is 2. The van der Waals surface area contributed by atoms with Crippen LogP contribution >= 0.6 is 0 Å². The van der Waals surface area contributed by atoms with Crippen molar-refractivity contribution in [3.05, 3.63) is 54.2 Å². The Balaban J connectivity index is 1.93. The Morgan fingerprint density at radius 1 is 1.17 bits per heavy atom. The molecule has 0 fully saturated rings. The number of esters is 1. The number of carbonyl (C=O) groups excluding carboxylic acids is 2. The Bertz CT molecular complexity index is 1030. The van der Waals surface area contributed by atoms with Gasteiger partial charge in [-0.1, -0.05) is 43.7 Å². The highest BCUT2D eigenvalue weighted by atomic mass is 16.5. The molecule has 3 aromatic rings. The lowest BCUT2D eigenvalue weighted by Crippen LogP contribution is -2.47. The second-order valence-corrected chi connectivity index (χ2v) is 7.18. The molecule has 7 heteroatoms. The molecule has 0 aliphatic heterocycles. The molecule has 1 aromatic carbocycles. The topological polar surface area (TPSA) is 84.7 Å². The summed E-state index contributed by atoms with van der Waals surface area (Å²) < 4.78 is 6.89. The minimum atomic E-state index is -0.739. The van der Waals surface area contributed by atoms with Gasteiger partial charge in [-0.25, -0.2) is 14.6 Å². The van der Waals surface area contributed by atoms with Crippen LogP contribution in [0.15, 0.2) is 48.7 Å². The van der Waals surface area contributed by atoms with Crippen LogP contribution in [0.25, 0.3) is 16.9 Å². The van der Waals surface area contributed by atoms with Gasteiger partial charge in [0.15, 0.2) is 0 Å². The van der Waals surface area contributed by atoms with Gasteiger partial charge in [0.1, 0.15) is 23.2 Å². The Morgan fingerprint density at radius 2 is 1.97 bits per heavy atom. The highest BCUT2D eigenvalue weighted by Gasteiger charge is 2.26. The summed E-state index contributed by atoms with van der Waals surface area (Å²) in [5, 5.41) is 5.60. The first-order valence-electron chi connectivity index (χ1n) is 9.69. The molecule has 2 heterocycles. The molecule has 2 aromatic heterocycles. The Labute approximate surface area is 170 Å². The quantitative estimate of drug-likeness (QED) is 0.619. The van der Waals surface area contributed by atoms with E-state index in [4.69, 9.17) is 4.74 Å². The molecule has 0 spiro atoms. The molecule has 0 radical (unpaired) electrons. The van der Waals surface area contributed by atoms with Crippen molar-refractivity contribution in [2.75, 3.05) is 11.9 Å².